The van der Waals surface area contributed by atoms with Gasteiger partial charge in [-0.3, -0.25) is 4.68 Å². The van der Waals surface area contributed by atoms with Gasteiger partial charge in [-0.1, -0.05) is 6.92 Å². The largest absolute Gasteiger partial charge is 0.312 e. The Kier molecular flexibility index (Phi) is 5.38. The number of aromatic nitrogens is 2. The van der Waals surface area contributed by atoms with Crippen LogP contribution in [0, 0.1) is 6.92 Å². The first kappa shape index (κ1) is 17.2. The van der Waals surface area contributed by atoms with Crippen molar-refractivity contribution in [2.75, 3.05) is 12.8 Å². The van der Waals surface area contributed by atoms with Crippen molar-refractivity contribution in [3.05, 3.63) is 17.5 Å². The van der Waals surface area contributed by atoms with Crippen LogP contribution in [0.1, 0.15) is 39.1 Å². The minimum Gasteiger partial charge on any atom is -0.312 e. The highest BCUT2D eigenvalue weighted by Crippen LogP contribution is 2.23. The number of nitrogens with one attached hydrogen (secondary N) is 1. The maximum absolute atomic E-state index is 12.1. The van der Waals surface area contributed by atoms with Crippen molar-refractivity contribution in [3.8, 4) is 0 Å². The second-order valence-electron chi connectivity index (χ2n) is 5.78. The second-order valence-corrected chi connectivity index (χ2v) is 8.38. The lowest BCUT2D eigenvalue weighted by Gasteiger charge is -2.33. The van der Waals surface area contributed by atoms with Crippen molar-refractivity contribution in [1.82, 2.24) is 15.1 Å². The molecule has 0 spiro atoms. The van der Waals surface area contributed by atoms with Crippen LogP contribution in [0.2, 0.25) is 0 Å². The van der Waals surface area contributed by atoms with Gasteiger partial charge in [0.1, 0.15) is 0 Å². The number of hydrogen-bond acceptors (Lipinski definition) is 4. The van der Waals surface area contributed by atoms with Gasteiger partial charge in [0.15, 0.2) is 9.84 Å². The number of nitrogens with zero attached hydrogens (tertiary/aromatic N) is 2. The molecule has 1 atom stereocenters. The maximum Gasteiger partial charge on any atom is 0.154 e. The van der Waals surface area contributed by atoms with Crippen LogP contribution in [0.3, 0.4) is 0 Å². The molecule has 0 aromatic carbocycles. The molecule has 5 nitrogen and oxygen atoms in total. The zero-order chi connectivity index (χ0) is 15.6. The fourth-order valence-electron chi connectivity index (χ4n) is 2.31. The molecular formula is C14H27N3O2S. The van der Waals surface area contributed by atoms with Crippen LogP contribution in [0.25, 0.3) is 0 Å². The van der Waals surface area contributed by atoms with E-state index in [0.29, 0.717) is 6.42 Å². The van der Waals surface area contributed by atoms with Gasteiger partial charge in [0.2, 0.25) is 0 Å². The van der Waals surface area contributed by atoms with Crippen LogP contribution in [0.4, 0.5) is 0 Å². The molecule has 0 aliphatic heterocycles. The Morgan fingerprint density at radius 3 is 2.45 bits per heavy atom. The van der Waals surface area contributed by atoms with E-state index < -0.39 is 14.6 Å². The summed E-state index contributed by atoms with van der Waals surface area (Å²) in [5.74, 6) is 0. The van der Waals surface area contributed by atoms with Gasteiger partial charge in [0.25, 0.3) is 0 Å². The Bertz CT molecular complexity index is 547. The minimum atomic E-state index is -3.15. The van der Waals surface area contributed by atoms with Crippen LogP contribution < -0.4 is 5.32 Å². The van der Waals surface area contributed by atoms with E-state index in [-0.39, 0.29) is 6.04 Å². The van der Waals surface area contributed by atoms with Crippen LogP contribution in [-0.2, 0) is 22.8 Å². The molecule has 0 radical (unpaired) electrons. The van der Waals surface area contributed by atoms with E-state index in [4.69, 9.17) is 0 Å². The molecule has 1 N–H and O–H groups in total. The van der Waals surface area contributed by atoms with E-state index in [2.05, 4.69) is 10.4 Å². The molecule has 0 amide bonds. The lowest BCUT2D eigenvalue weighted by atomic mass is 9.98. The maximum atomic E-state index is 12.1. The van der Waals surface area contributed by atoms with Gasteiger partial charge < -0.3 is 5.32 Å². The van der Waals surface area contributed by atoms with Crippen LogP contribution in [0.5, 0.6) is 0 Å². The van der Waals surface area contributed by atoms with Gasteiger partial charge in [-0.25, -0.2) is 8.42 Å². The molecule has 0 saturated heterocycles. The molecule has 0 fully saturated rings. The summed E-state index contributed by atoms with van der Waals surface area (Å²) in [5, 5.41) is 7.74. The minimum absolute atomic E-state index is 0.135. The Morgan fingerprint density at radius 2 is 2.00 bits per heavy atom. The highest BCUT2D eigenvalue weighted by Gasteiger charge is 2.39. The van der Waals surface area contributed by atoms with Gasteiger partial charge in [0, 0.05) is 31.0 Å². The fourth-order valence-corrected chi connectivity index (χ4v) is 3.00. The first-order chi connectivity index (χ1) is 9.13. The Hall–Kier alpha value is -0.880. The smallest absolute Gasteiger partial charge is 0.154 e. The highest BCUT2D eigenvalue weighted by atomic mass is 32.2. The van der Waals surface area contributed by atoms with E-state index >= 15 is 0 Å². The van der Waals surface area contributed by atoms with Crippen LogP contribution >= 0.6 is 0 Å². The monoisotopic (exact) mass is 301 g/mol. The summed E-state index contributed by atoms with van der Waals surface area (Å²) >= 11 is 0. The lowest BCUT2D eigenvalue weighted by Crippen LogP contribution is -2.52. The molecule has 6 heteroatoms. The normalized spacial score (nSPS) is 14.5. The van der Waals surface area contributed by atoms with E-state index in [0.717, 1.165) is 24.5 Å². The molecule has 0 aliphatic carbocycles. The Balaban J connectivity index is 3.10. The third-order valence-electron chi connectivity index (χ3n) is 3.94. The summed E-state index contributed by atoms with van der Waals surface area (Å²) in [6.45, 7) is 11.1. The molecule has 1 rings (SSSR count). The van der Waals surface area contributed by atoms with Crippen LogP contribution in [-0.4, -0.2) is 41.8 Å². The summed E-state index contributed by atoms with van der Waals surface area (Å²) < 4.78 is 25.2. The fraction of sp³-hybridized carbons (Fsp3) is 0.786. The molecule has 0 aliphatic rings. The van der Waals surface area contributed by atoms with Gasteiger partial charge in [-0.05, 0) is 40.3 Å². The van der Waals surface area contributed by atoms with Crippen LogP contribution in [0.15, 0.2) is 6.07 Å². The summed E-state index contributed by atoms with van der Waals surface area (Å²) in [6, 6.07) is 1.90. The Labute approximate surface area is 122 Å². The van der Waals surface area contributed by atoms with Gasteiger partial charge in [0.05, 0.1) is 10.4 Å². The number of sulfone groups is 1. The third kappa shape index (κ3) is 3.61. The number of aryl methyl sites for hydroxylation is 2. The predicted molar refractivity (Wildman–Crippen MR) is 82.7 cm³/mol. The molecule has 20 heavy (non-hydrogen) atoms. The van der Waals surface area contributed by atoms with Crippen molar-refractivity contribution in [1.29, 1.82) is 0 Å². The SMILES string of the molecule is CCNC(Cc1cc(C)nn1CC)C(C)(C)S(C)(=O)=O. The molecule has 1 heterocycles. The number of rotatable bonds is 7. The summed E-state index contributed by atoms with van der Waals surface area (Å²) in [4.78, 5) is 0. The second kappa shape index (κ2) is 6.26. The molecule has 1 aromatic heterocycles. The van der Waals surface area contributed by atoms with Gasteiger partial charge in [-0.15, -0.1) is 0 Å². The van der Waals surface area contributed by atoms with Crippen molar-refractivity contribution in [2.24, 2.45) is 0 Å². The molecule has 0 bridgehead atoms. The van der Waals surface area contributed by atoms with Crippen molar-refractivity contribution >= 4 is 9.84 Å². The third-order valence-corrected chi connectivity index (χ3v) is 6.14. The topological polar surface area (TPSA) is 64.0 Å². The van der Waals surface area contributed by atoms with Crippen molar-refractivity contribution < 1.29 is 8.42 Å². The zero-order valence-corrected chi connectivity index (χ0v) is 14.2. The molecule has 1 aromatic rings. The molecular weight excluding hydrogens is 274 g/mol. The molecule has 116 valence electrons. The average molecular weight is 301 g/mol. The zero-order valence-electron chi connectivity index (χ0n) is 13.4. The Morgan fingerprint density at radius 1 is 1.40 bits per heavy atom. The standard InChI is InChI=1S/C14H27N3O2S/c1-7-15-13(14(4,5)20(6,18)19)10-12-9-11(3)16-17(12)8-2/h9,13,15H,7-8,10H2,1-6H3. The van der Waals surface area contributed by atoms with E-state index in [9.17, 15) is 8.42 Å². The van der Waals surface area contributed by atoms with E-state index in [1.807, 2.05) is 31.5 Å². The molecule has 0 saturated carbocycles. The predicted octanol–water partition coefficient (Wildman–Crippen LogP) is 1.56. The quantitative estimate of drug-likeness (QED) is 0.830. The number of likely N-dealkylation sites (N-methyl/N-ethyl adjacent to an activating group) is 1. The molecule has 1 unspecified atom stereocenters. The first-order valence-electron chi connectivity index (χ1n) is 7.09. The average Bonchev–Trinajstić information content (AvgIpc) is 2.67. The lowest BCUT2D eigenvalue weighted by molar-refractivity contribution is 0.404. The summed E-state index contributed by atoms with van der Waals surface area (Å²) in [5.41, 5.74) is 2.04. The van der Waals surface area contributed by atoms with E-state index in [1.165, 1.54) is 6.26 Å². The first-order valence-corrected chi connectivity index (χ1v) is 8.98. The highest BCUT2D eigenvalue weighted by molar-refractivity contribution is 7.92. The van der Waals surface area contributed by atoms with Crippen molar-refractivity contribution in [2.45, 2.75) is 58.4 Å². The van der Waals surface area contributed by atoms with Gasteiger partial charge >= 0.3 is 0 Å². The number of hydrogen-bond donors (Lipinski definition) is 1. The summed E-state index contributed by atoms with van der Waals surface area (Å²) in [6.07, 6.45) is 1.96. The summed E-state index contributed by atoms with van der Waals surface area (Å²) in [7, 11) is -3.15. The van der Waals surface area contributed by atoms with E-state index in [1.54, 1.807) is 13.8 Å². The van der Waals surface area contributed by atoms with Crippen molar-refractivity contribution in [3.63, 3.8) is 0 Å². The van der Waals surface area contributed by atoms with Gasteiger partial charge in [-0.2, -0.15) is 5.10 Å².